The fourth-order valence-corrected chi connectivity index (χ4v) is 0.833. The van der Waals surface area contributed by atoms with Crippen molar-refractivity contribution in [2.75, 3.05) is 0 Å². The molecule has 0 aromatic carbocycles. The van der Waals surface area contributed by atoms with E-state index >= 15 is 0 Å². The summed E-state index contributed by atoms with van der Waals surface area (Å²) >= 11 is 0. The zero-order valence-electron chi connectivity index (χ0n) is 7.28. The molecule has 1 rings (SSSR count). The third-order valence-electron chi connectivity index (χ3n) is 1.70. The molecule has 2 unspecified atom stereocenters. The van der Waals surface area contributed by atoms with E-state index in [1.807, 2.05) is 6.92 Å². The summed E-state index contributed by atoms with van der Waals surface area (Å²) in [6.45, 7) is 3.59. The Morgan fingerprint density at radius 1 is 1.67 bits per heavy atom. The van der Waals surface area contributed by atoms with Gasteiger partial charge in [-0.2, -0.15) is 5.10 Å². The lowest BCUT2D eigenvalue weighted by molar-refractivity contribution is 0.160. The van der Waals surface area contributed by atoms with Crippen LogP contribution in [0.4, 0.5) is 0 Å². The molecule has 0 aliphatic rings. The van der Waals surface area contributed by atoms with Crippen molar-refractivity contribution in [2.24, 2.45) is 5.73 Å². The van der Waals surface area contributed by atoms with E-state index < -0.39 is 12.1 Å². The van der Waals surface area contributed by atoms with E-state index in [0.717, 1.165) is 12.2 Å². The van der Waals surface area contributed by atoms with Crippen molar-refractivity contribution in [3.05, 3.63) is 11.6 Å². The van der Waals surface area contributed by atoms with Gasteiger partial charge in [-0.3, -0.25) is 5.10 Å². The average molecular weight is 170 g/mol. The van der Waals surface area contributed by atoms with Crippen LogP contribution in [0.25, 0.3) is 0 Å². The topological polar surface area (TPSA) is 87.8 Å². The molecule has 5 heteroatoms. The van der Waals surface area contributed by atoms with E-state index in [0.29, 0.717) is 5.82 Å². The lowest BCUT2D eigenvalue weighted by Gasteiger charge is -2.09. The van der Waals surface area contributed by atoms with Gasteiger partial charge in [0.2, 0.25) is 0 Å². The van der Waals surface area contributed by atoms with Gasteiger partial charge in [-0.25, -0.2) is 4.98 Å². The molecule has 12 heavy (non-hydrogen) atoms. The fourth-order valence-electron chi connectivity index (χ4n) is 0.833. The minimum Gasteiger partial charge on any atom is -0.391 e. The smallest absolute Gasteiger partial charge is 0.169 e. The predicted octanol–water partition coefficient (Wildman–Crippen LogP) is -0.252. The van der Waals surface area contributed by atoms with E-state index in [9.17, 15) is 0 Å². The summed E-state index contributed by atoms with van der Waals surface area (Å²) in [4.78, 5) is 4.10. The molecule has 1 heterocycles. The highest BCUT2D eigenvalue weighted by Gasteiger charge is 2.16. The highest BCUT2D eigenvalue weighted by Crippen LogP contribution is 2.08. The number of aliphatic hydroxyl groups is 1. The van der Waals surface area contributed by atoms with Crippen LogP contribution in [0.15, 0.2) is 0 Å². The number of H-pyrrole nitrogens is 1. The third kappa shape index (κ3) is 1.80. The molecule has 0 amide bonds. The van der Waals surface area contributed by atoms with E-state index in [-0.39, 0.29) is 0 Å². The number of aromatic amines is 1. The molecule has 1 aromatic rings. The monoisotopic (exact) mass is 170 g/mol. The minimum atomic E-state index is -0.620. The Hall–Kier alpha value is -0.940. The van der Waals surface area contributed by atoms with Crippen molar-refractivity contribution in [3.8, 4) is 0 Å². The second-order valence-corrected chi connectivity index (χ2v) is 2.76. The molecular formula is C7H14N4O. The second kappa shape index (κ2) is 3.64. The van der Waals surface area contributed by atoms with E-state index in [2.05, 4.69) is 15.2 Å². The maximum atomic E-state index is 9.14. The second-order valence-electron chi connectivity index (χ2n) is 2.76. The highest BCUT2D eigenvalue weighted by molar-refractivity contribution is 4.97. The van der Waals surface area contributed by atoms with Gasteiger partial charge in [-0.05, 0) is 6.92 Å². The Labute approximate surface area is 71.0 Å². The van der Waals surface area contributed by atoms with Crippen LogP contribution in [0.3, 0.4) is 0 Å². The van der Waals surface area contributed by atoms with E-state index in [1.54, 1.807) is 6.92 Å². The van der Waals surface area contributed by atoms with Gasteiger partial charge in [0.05, 0.1) is 12.1 Å². The van der Waals surface area contributed by atoms with Gasteiger partial charge in [-0.1, -0.05) is 6.92 Å². The summed E-state index contributed by atoms with van der Waals surface area (Å²) in [6.07, 6.45) is 0.171. The molecule has 0 radical (unpaired) electrons. The first-order chi connectivity index (χ1) is 5.65. The number of aryl methyl sites for hydroxylation is 1. The number of nitrogens with zero attached hydrogens (tertiary/aromatic N) is 2. The van der Waals surface area contributed by atoms with Crippen molar-refractivity contribution in [1.82, 2.24) is 15.2 Å². The summed E-state index contributed by atoms with van der Waals surface area (Å²) < 4.78 is 0. The molecule has 5 nitrogen and oxygen atoms in total. The summed E-state index contributed by atoms with van der Waals surface area (Å²) in [5, 5.41) is 15.8. The lowest BCUT2D eigenvalue weighted by atomic mass is 10.2. The average Bonchev–Trinajstić information content (AvgIpc) is 2.50. The van der Waals surface area contributed by atoms with Crippen LogP contribution in [0.2, 0.25) is 0 Å². The zero-order chi connectivity index (χ0) is 9.14. The van der Waals surface area contributed by atoms with Crippen LogP contribution in [-0.2, 0) is 6.42 Å². The molecule has 1 aromatic heterocycles. The van der Waals surface area contributed by atoms with Crippen LogP contribution in [0.5, 0.6) is 0 Å². The highest BCUT2D eigenvalue weighted by atomic mass is 16.3. The van der Waals surface area contributed by atoms with Gasteiger partial charge in [0, 0.05) is 6.42 Å². The quantitative estimate of drug-likeness (QED) is 0.583. The molecule has 2 atom stereocenters. The number of aliphatic hydroxyl groups excluding tert-OH is 1. The van der Waals surface area contributed by atoms with Gasteiger partial charge >= 0.3 is 0 Å². The molecule has 4 N–H and O–H groups in total. The Morgan fingerprint density at radius 2 is 2.33 bits per heavy atom. The van der Waals surface area contributed by atoms with E-state index in [4.69, 9.17) is 10.8 Å². The normalized spacial score (nSPS) is 16.0. The summed E-state index contributed by atoms with van der Waals surface area (Å²) in [6, 6.07) is -0.499. The van der Waals surface area contributed by atoms with Crippen molar-refractivity contribution < 1.29 is 5.11 Å². The van der Waals surface area contributed by atoms with Crippen LogP contribution < -0.4 is 5.73 Å². The molecule has 0 spiro atoms. The number of nitrogens with one attached hydrogen (secondary N) is 1. The van der Waals surface area contributed by atoms with Crippen molar-refractivity contribution in [3.63, 3.8) is 0 Å². The Bertz CT molecular complexity index is 245. The summed E-state index contributed by atoms with van der Waals surface area (Å²) in [5.74, 6) is 1.27. The fraction of sp³-hybridized carbons (Fsp3) is 0.714. The SMILES string of the molecule is CCc1nc(C(N)C(C)O)n[nH]1. The van der Waals surface area contributed by atoms with Crippen molar-refractivity contribution in [2.45, 2.75) is 32.4 Å². The third-order valence-corrected chi connectivity index (χ3v) is 1.70. The number of rotatable bonds is 3. The Kier molecular flexibility index (Phi) is 2.78. The molecule has 0 aliphatic carbocycles. The number of hydrogen-bond donors (Lipinski definition) is 3. The first-order valence-electron chi connectivity index (χ1n) is 4.00. The first-order valence-corrected chi connectivity index (χ1v) is 4.00. The van der Waals surface area contributed by atoms with Crippen LogP contribution in [0, 0.1) is 0 Å². The van der Waals surface area contributed by atoms with Crippen molar-refractivity contribution >= 4 is 0 Å². The maximum absolute atomic E-state index is 9.14. The summed E-state index contributed by atoms with van der Waals surface area (Å²) in [5.41, 5.74) is 5.61. The minimum absolute atomic E-state index is 0.474. The van der Waals surface area contributed by atoms with Gasteiger partial charge in [0.1, 0.15) is 5.82 Å². The lowest BCUT2D eigenvalue weighted by Crippen LogP contribution is -2.24. The molecule has 0 saturated heterocycles. The largest absolute Gasteiger partial charge is 0.391 e. The molecule has 0 fully saturated rings. The zero-order valence-corrected chi connectivity index (χ0v) is 7.28. The first kappa shape index (κ1) is 9.15. The molecule has 0 saturated carbocycles. The molecule has 0 bridgehead atoms. The number of nitrogens with two attached hydrogens (primary N) is 1. The molecule has 68 valence electrons. The standard InChI is InChI=1S/C7H14N4O/c1-3-5-9-7(11-10-5)6(8)4(2)12/h4,6,12H,3,8H2,1-2H3,(H,9,10,11). The van der Waals surface area contributed by atoms with Crippen LogP contribution in [0.1, 0.15) is 31.5 Å². The van der Waals surface area contributed by atoms with Crippen molar-refractivity contribution in [1.29, 1.82) is 0 Å². The number of aromatic nitrogens is 3. The van der Waals surface area contributed by atoms with Gasteiger partial charge in [0.25, 0.3) is 0 Å². The van der Waals surface area contributed by atoms with Crippen LogP contribution >= 0.6 is 0 Å². The Balaban J connectivity index is 2.74. The van der Waals surface area contributed by atoms with Crippen LogP contribution in [-0.4, -0.2) is 26.4 Å². The Morgan fingerprint density at radius 3 is 2.75 bits per heavy atom. The molecular weight excluding hydrogens is 156 g/mol. The maximum Gasteiger partial charge on any atom is 0.169 e. The van der Waals surface area contributed by atoms with Gasteiger partial charge in [0.15, 0.2) is 5.82 Å². The molecule has 0 aliphatic heterocycles. The predicted molar refractivity (Wildman–Crippen MR) is 44.4 cm³/mol. The van der Waals surface area contributed by atoms with Gasteiger partial charge < -0.3 is 10.8 Å². The number of hydrogen-bond acceptors (Lipinski definition) is 4. The van der Waals surface area contributed by atoms with Gasteiger partial charge in [-0.15, -0.1) is 0 Å². The summed E-state index contributed by atoms with van der Waals surface area (Å²) in [7, 11) is 0. The van der Waals surface area contributed by atoms with E-state index in [1.165, 1.54) is 0 Å².